The van der Waals surface area contributed by atoms with Gasteiger partial charge in [0.05, 0.1) is 11.5 Å². The van der Waals surface area contributed by atoms with Crippen molar-refractivity contribution in [2.24, 2.45) is 5.41 Å². The van der Waals surface area contributed by atoms with Crippen molar-refractivity contribution in [2.45, 2.75) is 52.1 Å². The molecule has 2 amide bonds. The van der Waals surface area contributed by atoms with Gasteiger partial charge in [0.25, 0.3) is 0 Å². The molecule has 0 aliphatic heterocycles. The van der Waals surface area contributed by atoms with Crippen LogP contribution < -0.4 is 10.6 Å². The number of hydrogen-bond acceptors (Lipinski definition) is 3. The molecule has 0 radical (unpaired) electrons. The minimum atomic E-state index is -0.861. The molecule has 2 rings (SSSR count). The average Bonchev–Trinajstić information content (AvgIpc) is 2.97. The number of carboxylic acids is 1. The summed E-state index contributed by atoms with van der Waals surface area (Å²) in [5.41, 5.74) is -0.861. The summed E-state index contributed by atoms with van der Waals surface area (Å²) in [6.07, 6.45) is 2.14. The van der Waals surface area contributed by atoms with Gasteiger partial charge in [0.1, 0.15) is 0 Å². The topological polar surface area (TPSA) is 78.4 Å². The predicted octanol–water partition coefficient (Wildman–Crippen LogP) is 3.06. The molecule has 1 heterocycles. The molecule has 5 nitrogen and oxygen atoms in total. The molecule has 1 aromatic heterocycles. The summed E-state index contributed by atoms with van der Waals surface area (Å²) in [6, 6.07) is 3.33. The fourth-order valence-corrected chi connectivity index (χ4v) is 3.69. The summed E-state index contributed by atoms with van der Waals surface area (Å²) in [5, 5.41) is 15.1. The second kappa shape index (κ2) is 6.05. The summed E-state index contributed by atoms with van der Waals surface area (Å²) < 4.78 is 0. The van der Waals surface area contributed by atoms with Crippen molar-refractivity contribution in [3.63, 3.8) is 0 Å². The first kappa shape index (κ1) is 15.8. The third kappa shape index (κ3) is 3.37. The smallest absolute Gasteiger partial charge is 0.315 e. The van der Waals surface area contributed by atoms with Gasteiger partial charge in [-0.1, -0.05) is 6.42 Å². The number of rotatable bonds is 4. The number of aliphatic carboxylic acids is 1. The first-order valence-corrected chi connectivity index (χ1v) is 8.01. The standard InChI is InChI=1S/C15H22N2O3S/c1-9-6-7-11(21-9)10(2)16-14(20)17-12-5-4-8-15(12,3)13(18)19/h6-7,10,12H,4-5,8H2,1-3H3,(H,18,19)(H2,16,17,20). The number of amides is 2. The molecule has 6 heteroatoms. The van der Waals surface area contributed by atoms with Crippen LogP contribution in [-0.4, -0.2) is 23.1 Å². The molecular weight excluding hydrogens is 288 g/mol. The zero-order chi connectivity index (χ0) is 15.6. The number of thiophene rings is 1. The van der Waals surface area contributed by atoms with Crippen LogP contribution >= 0.6 is 11.3 Å². The maximum absolute atomic E-state index is 12.1. The molecule has 1 aliphatic rings. The predicted molar refractivity (Wildman–Crippen MR) is 82.5 cm³/mol. The Labute approximate surface area is 128 Å². The van der Waals surface area contributed by atoms with Crippen LogP contribution in [0.2, 0.25) is 0 Å². The van der Waals surface area contributed by atoms with Gasteiger partial charge in [-0.05, 0) is 45.7 Å². The number of urea groups is 1. The lowest BCUT2D eigenvalue weighted by Gasteiger charge is -2.28. The van der Waals surface area contributed by atoms with Crippen molar-refractivity contribution < 1.29 is 14.7 Å². The number of nitrogens with one attached hydrogen (secondary N) is 2. The lowest BCUT2D eigenvalue weighted by Crippen LogP contribution is -2.50. The fraction of sp³-hybridized carbons (Fsp3) is 0.600. The Hall–Kier alpha value is -1.56. The number of carbonyl (C=O) groups is 2. The quantitative estimate of drug-likeness (QED) is 0.799. The first-order chi connectivity index (χ1) is 9.83. The van der Waals surface area contributed by atoms with E-state index in [-0.39, 0.29) is 18.1 Å². The van der Waals surface area contributed by atoms with Crippen LogP contribution in [0.25, 0.3) is 0 Å². The molecule has 3 N–H and O–H groups in total. The van der Waals surface area contributed by atoms with Gasteiger partial charge in [-0.25, -0.2) is 4.79 Å². The van der Waals surface area contributed by atoms with Crippen molar-refractivity contribution >= 4 is 23.3 Å². The summed E-state index contributed by atoms with van der Waals surface area (Å²) in [4.78, 5) is 25.8. The Bertz CT molecular complexity index is 543. The molecule has 0 saturated heterocycles. The molecule has 1 aliphatic carbocycles. The highest BCUT2D eigenvalue weighted by molar-refractivity contribution is 7.12. The van der Waals surface area contributed by atoms with E-state index < -0.39 is 11.4 Å². The van der Waals surface area contributed by atoms with E-state index in [1.807, 2.05) is 26.0 Å². The van der Waals surface area contributed by atoms with Gasteiger partial charge in [0, 0.05) is 15.8 Å². The second-order valence-corrected chi connectivity index (χ2v) is 7.27. The third-order valence-corrected chi connectivity index (χ3v) is 5.47. The molecule has 0 spiro atoms. The van der Waals surface area contributed by atoms with E-state index in [4.69, 9.17) is 0 Å². The van der Waals surface area contributed by atoms with Crippen molar-refractivity contribution in [1.29, 1.82) is 0 Å². The van der Waals surface area contributed by atoms with E-state index in [0.29, 0.717) is 12.8 Å². The highest BCUT2D eigenvalue weighted by Gasteiger charge is 2.45. The SMILES string of the molecule is Cc1ccc(C(C)NC(=O)NC2CCCC2(C)C(=O)O)s1. The molecule has 3 atom stereocenters. The number of aryl methyl sites for hydroxylation is 1. The van der Waals surface area contributed by atoms with E-state index in [1.54, 1.807) is 18.3 Å². The lowest BCUT2D eigenvalue weighted by molar-refractivity contribution is -0.148. The van der Waals surface area contributed by atoms with Crippen LogP contribution in [0.3, 0.4) is 0 Å². The largest absolute Gasteiger partial charge is 0.481 e. The molecule has 1 aromatic rings. The van der Waals surface area contributed by atoms with Crippen molar-refractivity contribution in [3.8, 4) is 0 Å². The molecular formula is C15H22N2O3S. The highest BCUT2D eigenvalue weighted by Crippen LogP contribution is 2.38. The third-order valence-electron chi connectivity index (χ3n) is 4.29. The van der Waals surface area contributed by atoms with Crippen LogP contribution in [0.5, 0.6) is 0 Å². The van der Waals surface area contributed by atoms with Crippen LogP contribution in [0.1, 0.15) is 48.9 Å². The fourth-order valence-electron chi connectivity index (χ4n) is 2.81. The van der Waals surface area contributed by atoms with Gasteiger partial charge in [-0.3, -0.25) is 4.79 Å². The molecule has 0 aromatic carbocycles. The lowest BCUT2D eigenvalue weighted by atomic mass is 9.85. The molecule has 116 valence electrons. The Kier molecular flexibility index (Phi) is 4.56. The van der Waals surface area contributed by atoms with E-state index in [2.05, 4.69) is 10.6 Å². The Morgan fingerprint density at radius 2 is 2.19 bits per heavy atom. The zero-order valence-electron chi connectivity index (χ0n) is 12.6. The summed E-state index contributed by atoms with van der Waals surface area (Å²) >= 11 is 1.65. The van der Waals surface area contributed by atoms with Gasteiger partial charge in [-0.15, -0.1) is 11.3 Å². The van der Waals surface area contributed by atoms with Crippen molar-refractivity contribution in [2.75, 3.05) is 0 Å². The Balaban J connectivity index is 1.94. The van der Waals surface area contributed by atoms with Crippen molar-refractivity contribution in [3.05, 3.63) is 21.9 Å². The summed E-state index contributed by atoms with van der Waals surface area (Å²) in [6.45, 7) is 5.66. The average molecular weight is 310 g/mol. The maximum atomic E-state index is 12.1. The van der Waals surface area contributed by atoms with Gasteiger partial charge in [-0.2, -0.15) is 0 Å². The van der Waals surface area contributed by atoms with Gasteiger partial charge in [0.2, 0.25) is 0 Å². The zero-order valence-corrected chi connectivity index (χ0v) is 13.4. The van der Waals surface area contributed by atoms with Crippen LogP contribution in [-0.2, 0) is 4.79 Å². The number of carbonyl (C=O) groups excluding carboxylic acids is 1. The first-order valence-electron chi connectivity index (χ1n) is 7.19. The van der Waals surface area contributed by atoms with Gasteiger partial charge in [0.15, 0.2) is 0 Å². The van der Waals surface area contributed by atoms with Crippen LogP contribution in [0, 0.1) is 12.3 Å². The Morgan fingerprint density at radius 1 is 1.48 bits per heavy atom. The van der Waals surface area contributed by atoms with E-state index >= 15 is 0 Å². The van der Waals surface area contributed by atoms with Gasteiger partial charge < -0.3 is 15.7 Å². The molecule has 3 unspecified atom stereocenters. The van der Waals surface area contributed by atoms with E-state index in [0.717, 1.165) is 11.3 Å². The maximum Gasteiger partial charge on any atom is 0.315 e. The minimum absolute atomic E-state index is 0.0822. The van der Waals surface area contributed by atoms with E-state index in [1.165, 1.54) is 4.88 Å². The monoisotopic (exact) mass is 310 g/mol. The van der Waals surface area contributed by atoms with Crippen LogP contribution in [0.4, 0.5) is 4.79 Å². The second-order valence-electron chi connectivity index (χ2n) is 5.96. The van der Waals surface area contributed by atoms with E-state index in [9.17, 15) is 14.7 Å². The minimum Gasteiger partial charge on any atom is -0.481 e. The number of carboxylic acid groups (broad SMARTS) is 1. The Morgan fingerprint density at radius 3 is 2.76 bits per heavy atom. The van der Waals surface area contributed by atoms with Crippen molar-refractivity contribution in [1.82, 2.24) is 10.6 Å². The summed E-state index contributed by atoms with van der Waals surface area (Å²) in [7, 11) is 0. The van der Waals surface area contributed by atoms with Gasteiger partial charge >= 0.3 is 12.0 Å². The molecule has 0 bridgehead atoms. The normalized spacial score (nSPS) is 26.3. The molecule has 1 saturated carbocycles. The molecule has 1 fully saturated rings. The van der Waals surface area contributed by atoms with Crippen LogP contribution in [0.15, 0.2) is 12.1 Å². The highest BCUT2D eigenvalue weighted by atomic mass is 32.1. The number of hydrogen-bond donors (Lipinski definition) is 3. The molecule has 21 heavy (non-hydrogen) atoms. The summed E-state index contributed by atoms with van der Waals surface area (Å²) in [5.74, 6) is -0.841.